The van der Waals surface area contributed by atoms with Crippen LogP contribution in [0.25, 0.3) is 15.8 Å². The number of anilines is 1. The van der Waals surface area contributed by atoms with E-state index in [9.17, 15) is 0 Å². The third-order valence-electron chi connectivity index (χ3n) is 4.22. The van der Waals surface area contributed by atoms with Crippen LogP contribution in [0.3, 0.4) is 0 Å². The van der Waals surface area contributed by atoms with E-state index in [4.69, 9.17) is 0 Å². The average Bonchev–Trinajstić information content (AvgIpc) is 3.15. The van der Waals surface area contributed by atoms with E-state index < -0.39 is 0 Å². The van der Waals surface area contributed by atoms with Gasteiger partial charge in [0.1, 0.15) is 0 Å². The number of hydrogen-bond donors (Lipinski definition) is 1. The molecule has 0 radical (unpaired) electrons. The number of nitrogens with one attached hydrogen (secondary N) is 1. The highest BCUT2D eigenvalue weighted by atomic mass is 32.1. The number of benzene rings is 3. The fourth-order valence-electron chi connectivity index (χ4n) is 2.81. The Balaban J connectivity index is 1.68. The lowest BCUT2D eigenvalue weighted by atomic mass is 10.0. The maximum Gasteiger partial charge on any atom is 0.204 e. The van der Waals surface area contributed by atoms with Crippen molar-refractivity contribution in [3.05, 3.63) is 102 Å². The van der Waals surface area contributed by atoms with Crippen LogP contribution in [0.4, 0.5) is 5.13 Å². The number of allylic oxidation sites excluding steroid dienone is 2. The topological polar surface area (TPSA) is 37.3 Å². The van der Waals surface area contributed by atoms with Gasteiger partial charge in [-0.25, -0.2) is 4.98 Å². The molecule has 0 fully saturated rings. The molecule has 1 aromatic heterocycles. The minimum Gasteiger partial charge on any atom is -0.252 e. The predicted octanol–water partition coefficient (Wildman–Crippen LogP) is 6.22. The highest BCUT2D eigenvalue weighted by Crippen LogP contribution is 2.25. The lowest BCUT2D eigenvalue weighted by Crippen LogP contribution is -2.02. The van der Waals surface area contributed by atoms with E-state index in [1.54, 1.807) is 11.3 Å². The maximum atomic E-state index is 4.66. The fourth-order valence-corrected chi connectivity index (χ4v) is 3.62. The number of aromatic nitrogens is 1. The summed E-state index contributed by atoms with van der Waals surface area (Å²) in [5.74, 6) is 0. The van der Waals surface area contributed by atoms with Crippen molar-refractivity contribution in [2.75, 3.05) is 5.43 Å². The Morgan fingerprint density at radius 2 is 1.48 bits per heavy atom. The van der Waals surface area contributed by atoms with Crippen LogP contribution in [0.15, 0.2) is 96.1 Å². The molecule has 4 rings (SSSR count). The molecule has 3 nitrogen and oxygen atoms in total. The summed E-state index contributed by atoms with van der Waals surface area (Å²) in [7, 11) is 0. The number of nitrogens with zero attached hydrogens (tertiary/aromatic N) is 2. The first-order valence-corrected chi connectivity index (χ1v) is 9.60. The SMILES string of the molecule is C/C(=C\C(=N\Nc1nc2ccccc2s1)c1ccccc1)c1ccccc1. The van der Waals surface area contributed by atoms with Crippen LogP contribution in [0, 0.1) is 0 Å². The van der Waals surface area contributed by atoms with E-state index in [2.05, 4.69) is 58.8 Å². The second-order valence-corrected chi connectivity index (χ2v) is 7.19. The molecule has 0 saturated heterocycles. The van der Waals surface area contributed by atoms with Crippen LogP contribution in [-0.4, -0.2) is 10.7 Å². The van der Waals surface area contributed by atoms with Gasteiger partial charge in [-0.15, -0.1) is 0 Å². The van der Waals surface area contributed by atoms with Gasteiger partial charge in [-0.3, -0.25) is 5.43 Å². The molecular weight excluding hydrogens is 350 g/mol. The molecule has 1 N–H and O–H groups in total. The summed E-state index contributed by atoms with van der Waals surface area (Å²) in [4.78, 5) is 4.60. The van der Waals surface area contributed by atoms with Gasteiger partial charge in [0.2, 0.25) is 5.13 Å². The summed E-state index contributed by atoms with van der Waals surface area (Å²) in [6, 6.07) is 28.6. The van der Waals surface area contributed by atoms with Gasteiger partial charge in [-0.1, -0.05) is 84.1 Å². The number of thiazole rings is 1. The van der Waals surface area contributed by atoms with Crippen LogP contribution >= 0.6 is 11.3 Å². The van der Waals surface area contributed by atoms with Crippen molar-refractivity contribution in [1.82, 2.24) is 4.98 Å². The number of rotatable bonds is 5. The standard InChI is InChI=1S/C23H19N3S/c1-17(18-10-4-2-5-11-18)16-21(19-12-6-3-7-13-19)25-26-23-24-20-14-8-9-15-22(20)27-23/h2-16H,1H3,(H,24,26)/b17-16+,25-21-. The van der Waals surface area contributed by atoms with Crippen molar-refractivity contribution in [1.29, 1.82) is 0 Å². The van der Waals surface area contributed by atoms with Crippen molar-refractivity contribution in [3.8, 4) is 0 Å². The summed E-state index contributed by atoms with van der Waals surface area (Å²) in [6.45, 7) is 2.10. The van der Waals surface area contributed by atoms with Gasteiger partial charge in [-0.05, 0) is 36.3 Å². The van der Waals surface area contributed by atoms with Gasteiger partial charge in [0.15, 0.2) is 0 Å². The predicted molar refractivity (Wildman–Crippen MR) is 116 cm³/mol. The first kappa shape index (κ1) is 17.2. The Kier molecular flexibility index (Phi) is 5.08. The molecule has 0 bridgehead atoms. The molecule has 132 valence electrons. The quantitative estimate of drug-likeness (QED) is 0.335. The maximum absolute atomic E-state index is 4.66. The Labute approximate surface area is 162 Å². The summed E-state index contributed by atoms with van der Waals surface area (Å²) in [5, 5.41) is 5.45. The lowest BCUT2D eigenvalue weighted by molar-refractivity contribution is 1.30. The summed E-state index contributed by atoms with van der Waals surface area (Å²) < 4.78 is 1.15. The van der Waals surface area contributed by atoms with Crippen LogP contribution in [0.1, 0.15) is 18.1 Å². The number of fused-ring (bicyclic) bond motifs is 1. The average molecular weight is 369 g/mol. The van der Waals surface area contributed by atoms with Crippen LogP contribution < -0.4 is 5.43 Å². The lowest BCUT2D eigenvalue weighted by Gasteiger charge is -2.06. The molecule has 4 heteroatoms. The van der Waals surface area contributed by atoms with Crippen molar-refractivity contribution in [2.24, 2.45) is 5.10 Å². The van der Waals surface area contributed by atoms with Crippen molar-refractivity contribution in [3.63, 3.8) is 0 Å². The monoisotopic (exact) mass is 369 g/mol. The molecule has 1 heterocycles. The highest BCUT2D eigenvalue weighted by Gasteiger charge is 2.05. The van der Waals surface area contributed by atoms with Crippen molar-refractivity contribution < 1.29 is 0 Å². The number of hydrogen-bond acceptors (Lipinski definition) is 4. The molecule has 3 aromatic carbocycles. The van der Waals surface area contributed by atoms with Crippen LogP contribution in [0.5, 0.6) is 0 Å². The molecule has 27 heavy (non-hydrogen) atoms. The Morgan fingerprint density at radius 1 is 0.852 bits per heavy atom. The van der Waals surface area contributed by atoms with Gasteiger partial charge in [0, 0.05) is 5.56 Å². The highest BCUT2D eigenvalue weighted by molar-refractivity contribution is 7.22. The van der Waals surface area contributed by atoms with Gasteiger partial charge >= 0.3 is 0 Å². The first-order chi connectivity index (χ1) is 13.3. The molecule has 0 atom stereocenters. The Morgan fingerprint density at radius 3 is 2.19 bits per heavy atom. The summed E-state index contributed by atoms with van der Waals surface area (Å²) in [5.41, 5.74) is 8.39. The summed E-state index contributed by atoms with van der Waals surface area (Å²) >= 11 is 1.60. The van der Waals surface area contributed by atoms with Crippen molar-refractivity contribution in [2.45, 2.75) is 6.92 Å². The Bertz CT molecular complexity index is 1060. The zero-order valence-corrected chi connectivity index (χ0v) is 15.8. The largest absolute Gasteiger partial charge is 0.252 e. The number of para-hydroxylation sites is 1. The minimum atomic E-state index is 0.787. The van der Waals surface area contributed by atoms with Gasteiger partial charge < -0.3 is 0 Å². The fraction of sp³-hybridized carbons (Fsp3) is 0.0435. The van der Waals surface area contributed by atoms with Crippen LogP contribution in [0.2, 0.25) is 0 Å². The number of hydrazone groups is 1. The molecular formula is C23H19N3S. The first-order valence-electron chi connectivity index (χ1n) is 8.78. The normalized spacial score (nSPS) is 12.3. The molecule has 0 amide bonds. The van der Waals surface area contributed by atoms with E-state index in [0.717, 1.165) is 32.2 Å². The molecule has 0 aliphatic rings. The zero-order chi connectivity index (χ0) is 18.5. The van der Waals surface area contributed by atoms with Gasteiger partial charge in [-0.2, -0.15) is 5.10 Å². The second-order valence-electron chi connectivity index (χ2n) is 6.15. The molecule has 0 unspecified atom stereocenters. The Hall–Kier alpha value is -3.24. The van der Waals surface area contributed by atoms with Crippen LogP contribution in [-0.2, 0) is 0 Å². The third-order valence-corrected chi connectivity index (χ3v) is 5.16. The van der Waals surface area contributed by atoms with E-state index in [0.29, 0.717) is 0 Å². The van der Waals surface area contributed by atoms with E-state index in [-0.39, 0.29) is 0 Å². The molecule has 4 aromatic rings. The third kappa shape index (κ3) is 4.13. The second kappa shape index (κ2) is 7.98. The summed E-state index contributed by atoms with van der Waals surface area (Å²) in [6.07, 6.45) is 2.10. The van der Waals surface area contributed by atoms with Crippen molar-refractivity contribution >= 4 is 38.0 Å². The van der Waals surface area contributed by atoms with Gasteiger partial charge in [0.25, 0.3) is 0 Å². The van der Waals surface area contributed by atoms with E-state index in [1.807, 2.05) is 54.6 Å². The molecule has 0 aliphatic carbocycles. The molecule has 0 aliphatic heterocycles. The van der Waals surface area contributed by atoms with E-state index in [1.165, 1.54) is 5.56 Å². The van der Waals surface area contributed by atoms with Gasteiger partial charge in [0.05, 0.1) is 15.9 Å². The molecule has 0 spiro atoms. The minimum absolute atomic E-state index is 0.787. The van der Waals surface area contributed by atoms with E-state index >= 15 is 0 Å². The smallest absolute Gasteiger partial charge is 0.204 e. The zero-order valence-electron chi connectivity index (χ0n) is 15.0. The molecule has 0 saturated carbocycles.